The van der Waals surface area contributed by atoms with E-state index < -0.39 is 22.2 Å². The molecule has 26 heavy (non-hydrogen) atoms. The Labute approximate surface area is 146 Å². The molecule has 0 bridgehead atoms. The first-order chi connectivity index (χ1) is 12.5. The van der Waals surface area contributed by atoms with E-state index in [1.807, 2.05) is 6.07 Å². The van der Waals surface area contributed by atoms with Crippen molar-refractivity contribution in [3.8, 4) is 0 Å². The number of rotatable bonds is 6. The molecule has 0 aliphatic heterocycles. The lowest BCUT2D eigenvalue weighted by Gasteiger charge is -2.12. The van der Waals surface area contributed by atoms with Crippen LogP contribution in [0.4, 0.5) is 37.5 Å². The van der Waals surface area contributed by atoms with Gasteiger partial charge in [0.2, 0.25) is 11.6 Å². The van der Waals surface area contributed by atoms with E-state index in [2.05, 4.69) is 26.1 Å². The summed E-state index contributed by atoms with van der Waals surface area (Å²) in [6.07, 6.45) is 1.08. The summed E-state index contributed by atoms with van der Waals surface area (Å²) in [7, 11) is 0. The van der Waals surface area contributed by atoms with Gasteiger partial charge in [-0.05, 0) is 24.3 Å². The quantitative estimate of drug-likeness (QED) is 0.454. The minimum absolute atomic E-state index is 0.126. The fourth-order valence-electron chi connectivity index (χ4n) is 2.11. The highest BCUT2D eigenvalue weighted by Gasteiger charge is 2.24. The predicted molar refractivity (Wildman–Crippen MR) is 92.0 cm³/mol. The van der Waals surface area contributed by atoms with Crippen molar-refractivity contribution in [3.63, 3.8) is 0 Å². The minimum atomic E-state index is -0.908. The van der Waals surface area contributed by atoms with E-state index in [0.29, 0.717) is 11.8 Å². The van der Waals surface area contributed by atoms with Gasteiger partial charge in [0.05, 0.1) is 16.3 Å². The molecule has 0 saturated heterocycles. The smallest absolute Gasteiger partial charge is 0.332 e. The van der Waals surface area contributed by atoms with Crippen molar-refractivity contribution in [3.05, 3.63) is 76.6 Å². The summed E-state index contributed by atoms with van der Waals surface area (Å²) in [5.41, 5.74) is 5.39. The van der Waals surface area contributed by atoms with Crippen LogP contribution in [-0.2, 0) is 0 Å². The Morgan fingerprint density at radius 3 is 2.38 bits per heavy atom. The second kappa shape index (κ2) is 7.38. The van der Waals surface area contributed by atoms with E-state index >= 15 is 0 Å². The summed E-state index contributed by atoms with van der Waals surface area (Å²) in [5.74, 6) is -2.04. The molecule has 0 atom stereocenters. The molecule has 3 N–H and O–H groups in total. The number of nitrogens with zero attached hydrogens (tertiary/aromatic N) is 3. The van der Waals surface area contributed by atoms with Gasteiger partial charge in [0, 0.05) is 6.07 Å². The molecule has 1 aromatic heterocycles. The number of hydrogen-bond donors (Lipinski definition) is 3. The topological polar surface area (TPSA) is 105 Å². The highest BCUT2D eigenvalue weighted by molar-refractivity contribution is 5.74. The number of hydrogen-bond acceptors (Lipinski definition) is 7. The summed E-state index contributed by atoms with van der Waals surface area (Å²) in [6, 6.07) is 11.7. The Kier molecular flexibility index (Phi) is 4.83. The van der Waals surface area contributed by atoms with Gasteiger partial charge < -0.3 is 5.32 Å². The van der Waals surface area contributed by atoms with Crippen molar-refractivity contribution < 1.29 is 13.7 Å². The third kappa shape index (κ3) is 3.80. The van der Waals surface area contributed by atoms with Gasteiger partial charge in [0.1, 0.15) is 18.0 Å². The molecule has 2 aromatic carbocycles. The molecule has 0 aliphatic carbocycles. The third-order valence-electron chi connectivity index (χ3n) is 3.29. The maximum atomic E-state index is 13.8. The number of aromatic nitrogens is 2. The van der Waals surface area contributed by atoms with E-state index in [4.69, 9.17) is 0 Å². The largest absolute Gasteiger partial charge is 0.355 e. The molecule has 0 unspecified atom stereocenters. The van der Waals surface area contributed by atoms with Gasteiger partial charge >= 0.3 is 5.69 Å². The number of anilines is 4. The Hall–Kier alpha value is -3.82. The van der Waals surface area contributed by atoms with Gasteiger partial charge in [0.25, 0.3) is 0 Å². The first kappa shape index (κ1) is 17.0. The third-order valence-corrected chi connectivity index (χ3v) is 3.29. The maximum Gasteiger partial charge on any atom is 0.355 e. The number of benzene rings is 2. The van der Waals surface area contributed by atoms with E-state index in [9.17, 15) is 18.9 Å². The molecule has 0 radical (unpaired) electrons. The zero-order chi connectivity index (χ0) is 18.5. The van der Waals surface area contributed by atoms with Gasteiger partial charge in [-0.25, -0.2) is 18.7 Å². The van der Waals surface area contributed by atoms with Crippen LogP contribution in [-0.4, -0.2) is 14.9 Å². The molecule has 3 rings (SSSR count). The molecular weight excluding hydrogens is 346 g/mol. The zero-order valence-corrected chi connectivity index (χ0v) is 13.1. The zero-order valence-electron chi connectivity index (χ0n) is 13.1. The first-order valence-corrected chi connectivity index (χ1v) is 7.33. The van der Waals surface area contributed by atoms with Crippen molar-refractivity contribution >= 4 is 28.7 Å². The molecule has 0 spiro atoms. The lowest BCUT2D eigenvalue weighted by Crippen LogP contribution is -2.13. The molecule has 132 valence electrons. The van der Waals surface area contributed by atoms with Crippen LogP contribution in [0.1, 0.15) is 0 Å². The molecule has 0 aliphatic rings. The highest BCUT2D eigenvalue weighted by atomic mass is 19.1. The number of nitrogens with one attached hydrogen (secondary N) is 3. The van der Waals surface area contributed by atoms with Crippen LogP contribution in [0.15, 0.2) is 54.9 Å². The van der Waals surface area contributed by atoms with E-state index in [0.717, 1.165) is 18.5 Å². The lowest BCUT2D eigenvalue weighted by molar-refractivity contribution is -0.383. The SMILES string of the molecule is O=[N+]([O-])c1c(NNc2ccccc2)ncnc1Nc1ccc(F)cc1F. The number of nitro groups is 1. The Bertz CT molecular complexity index is 939. The van der Waals surface area contributed by atoms with Crippen molar-refractivity contribution in [2.75, 3.05) is 16.2 Å². The second-order valence-electron chi connectivity index (χ2n) is 5.04. The van der Waals surface area contributed by atoms with Gasteiger partial charge in [-0.15, -0.1) is 0 Å². The van der Waals surface area contributed by atoms with Crippen LogP contribution >= 0.6 is 0 Å². The Balaban J connectivity index is 1.89. The fourth-order valence-corrected chi connectivity index (χ4v) is 2.11. The molecular formula is C16H12F2N6O2. The predicted octanol–water partition coefficient (Wildman–Crippen LogP) is 3.85. The maximum absolute atomic E-state index is 13.8. The summed E-state index contributed by atoms with van der Waals surface area (Å²) < 4.78 is 26.8. The Morgan fingerprint density at radius 2 is 1.69 bits per heavy atom. The molecule has 1 heterocycles. The van der Waals surface area contributed by atoms with E-state index in [1.165, 1.54) is 0 Å². The van der Waals surface area contributed by atoms with Crippen LogP contribution in [0.3, 0.4) is 0 Å². The fraction of sp³-hybridized carbons (Fsp3) is 0. The molecule has 0 saturated carbocycles. The highest BCUT2D eigenvalue weighted by Crippen LogP contribution is 2.31. The monoisotopic (exact) mass is 358 g/mol. The summed E-state index contributed by atoms with van der Waals surface area (Å²) in [5, 5.41) is 13.9. The van der Waals surface area contributed by atoms with Crippen LogP contribution in [0, 0.1) is 21.7 Å². The van der Waals surface area contributed by atoms with Gasteiger partial charge in [-0.3, -0.25) is 21.0 Å². The Morgan fingerprint density at radius 1 is 0.962 bits per heavy atom. The van der Waals surface area contributed by atoms with Crippen molar-refractivity contribution in [1.29, 1.82) is 0 Å². The molecule has 0 amide bonds. The normalized spacial score (nSPS) is 10.2. The minimum Gasteiger partial charge on any atom is -0.332 e. The van der Waals surface area contributed by atoms with Crippen LogP contribution in [0.5, 0.6) is 0 Å². The molecule has 8 nitrogen and oxygen atoms in total. The van der Waals surface area contributed by atoms with E-state index in [-0.39, 0.29) is 17.3 Å². The van der Waals surface area contributed by atoms with Crippen molar-refractivity contribution in [2.24, 2.45) is 0 Å². The second-order valence-corrected chi connectivity index (χ2v) is 5.04. The standard InChI is InChI=1S/C16H12F2N6O2/c17-10-6-7-13(12(18)8-10)21-15-14(24(25)26)16(20-9-19-15)23-22-11-4-2-1-3-5-11/h1-9,22H,(H2,19,20,21,23). The van der Waals surface area contributed by atoms with Gasteiger partial charge in [0.15, 0.2) is 0 Å². The first-order valence-electron chi connectivity index (χ1n) is 7.33. The van der Waals surface area contributed by atoms with Gasteiger partial charge in [-0.1, -0.05) is 18.2 Å². The van der Waals surface area contributed by atoms with Crippen LogP contribution in [0.25, 0.3) is 0 Å². The summed E-state index contributed by atoms with van der Waals surface area (Å²) >= 11 is 0. The number of halogens is 2. The average molecular weight is 358 g/mol. The molecule has 3 aromatic rings. The summed E-state index contributed by atoms with van der Waals surface area (Å²) in [6.45, 7) is 0. The lowest BCUT2D eigenvalue weighted by atomic mass is 10.3. The van der Waals surface area contributed by atoms with Crippen molar-refractivity contribution in [1.82, 2.24) is 9.97 Å². The average Bonchev–Trinajstić information content (AvgIpc) is 2.63. The number of para-hydroxylation sites is 1. The number of hydrazine groups is 1. The molecule has 10 heteroatoms. The van der Waals surface area contributed by atoms with Crippen LogP contribution in [0.2, 0.25) is 0 Å². The van der Waals surface area contributed by atoms with Crippen LogP contribution < -0.4 is 16.2 Å². The molecule has 0 fully saturated rings. The van der Waals surface area contributed by atoms with Gasteiger partial charge in [-0.2, -0.15) is 0 Å². The van der Waals surface area contributed by atoms with E-state index in [1.54, 1.807) is 24.3 Å². The summed E-state index contributed by atoms with van der Waals surface area (Å²) in [4.78, 5) is 18.4. The van der Waals surface area contributed by atoms with Crippen molar-refractivity contribution in [2.45, 2.75) is 0 Å².